The molecule has 0 spiro atoms. The van der Waals surface area contributed by atoms with Crippen LogP contribution in [0, 0.1) is 19.8 Å². The normalized spacial score (nSPS) is 13.5. The van der Waals surface area contributed by atoms with Crippen LogP contribution in [0.15, 0.2) is 11.1 Å². The lowest BCUT2D eigenvalue weighted by molar-refractivity contribution is 0.191. The fourth-order valence-corrected chi connectivity index (χ4v) is 3.42. The number of rotatable bonds is 11. The lowest BCUT2D eigenvalue weighted by atomic mass is 10.0. The molecule has 0 aliphatic heterocycles. The minimum absolute atomic E-state index is 0.540. The highest BCUT2D eigenvalue weighted by atomic mass is 15.3. The highest BCUT2D eigenvalue weighted by Gasteiger charge is 2.17. The van der Waals surface area contributed by atoms with E-state index in [1.54, 1.807) is 0 Å². The fraction of sp³-hybridized carbons (Fsp3) is 0.800. The Morgan fingerprint density at radius 2 is 1.92 bits per heavy atom. The Morgan fingerprint density at radius 3 is 2.42 bits per heavy atom. The lowest BCUT2D eigenvalue weighted by Gasteiger charge is -2.31. The molecule has 0 saturated carbocycles. The maximum Gasteiger partial charge on any atom is 0.191 e. The first-order valence-corrected chi connectivity index (χ1v) is 10.1. The Kier molecular flexibility index (Phi) is 10.3. The summed E-state index contributed by atoms with van der Waals surface area (Å²) in [5, 5.41) is 11.5. The number of hydrogen-bond donors (Lipinski definition) is 2. The average molecular weight is 365 g/mol. The molecule has 0 fully saturated rings. The molecule has 0 aromatic carbocycles. The van der Waals surface area contributed by atoms with E-state index in [9.17, 15) is 0 Å². The summed E-state index contributed by atoms with van der Waals surface area (Å²) in [5.74, 6) is 1.58. The monoisotopic (exact) mass is 364 g/mol. The minimum Gasteiger partial charge on any atom is -0.356 e. The molecule has 26 heavy (non-hydrogen) atoms. The van der Waals surface area contributed by atoms with Crippen LogP contribution in [0.2, 0.25) is 0 Å². The third-order valence-corrected chi connectivity index (χ3v) is 4.74. The van der Waals surface area contributed by atoms with Crippen molar-refractivity contribution in [3.63, 3.8) is 0 Å². The molecule has 0 saturated heterocycles. The predicted molar refractivity (Wildman–Crippen MR) is 112 cm³/mol. The van der Waals surface area contributed by atoms with Gasteiger partial charge in [-0.15, -0.1) is 0 Å². The van der Waals surface area contributed by atoms with Crippen LogP contribution < -0.4 is 10.6 Å². The molecule has 0 aliphatic carbocycles. The summed E-state index contributed by atoms with van der Waals surface area (Å²) in [7, 11) is 1.84. The molecule has 6 heteroatoms. The highest BCUT2D eigenvalue weighted by molar-refractivity contribution is 5.79. The topological polar surface area (TPSA) is 57.5 Å². The van der Waals surface area contributed by atoms with Crippen molar-refractivity contribution in [2.45, 2.75) is 67.0 Å². The summed E-state index contributed by atoms with van der Waals surface area (Å²) in [6.45, 7) is 18.1. The number of guanidine groups is 1. The van der Waals surface area contributed by atoms with Crippen LogP contribution in [0.4, 0.5) is 0 Å². The van der Waals surface area contributed by atoms with Crippen molar-refractivity contribution in [2.75, 3.05) is 33.2 Å². The summed E-state index contributed by atoms with van der Waals surface area (Å²) < 4.78 is 2.08. The van der Waals surface area contributed by atoms with Gasteiger partial charge in [-0.05, 0) is 51.8 Å². The molecule has 1 atom stereocenters. The number of nitrogens with one attached hydrogen (secondary N) is 2. The van der Waals surface area contributed by atoms with Gasteiger partial charge in [0.05, 0.1) is 5.69 Å². The Morgan fingerprint density at radius 1 is 1.23 bits per heavy atom. The zero-order valence-corrected chi connectivity index (χ0v) is 18.0. The van der Waals surface area contributed by atoms with Gasteiger partial charge in [-0.2, -0.15) is 5.10 Å². The first-order valence-electron chi connectivity index (χ1n) is 10.1. The van der Waals surface area contributed by atoms with E-state index in [0.29, 0.717) is 12.0 Å². The third-order valence-electron chi connectivity index (χ3n) is 4.74. The smallest absolute Gasteiger partial charge is 0.191 e. The van der Waals surface area contributed by atoms with Crippen LogP contribution in [0.5, 0.6) is 0 Å². The standard InChI is InChI=1S/C20H40N6/c1-8-25(9-2)19(13-16(3)4)15-23-20(21-7)22-11-10-12-26-18(6)14-17(5)24-26/h14,16,19H,8-13,15H2,1-7H3,(H2,21,22,23). The fourth-order valence-electron chi connectivity index (χ4n) is 3.42. The van der Waals surface area contributed by atoms with Crippen LogP contribution in [-0.2, 0) is 6.54 Å². The first kappa shape index (κ1) is 22.5. The number of hydrogen-bond acceptors (Lipinski definition) is 3. The number of likely N-dealkylation sites (N-methyl/N-ethyl adjacent to an activating group) is 1. The van der Waals surface area contributed by atoms with Crippen LogP contribution >= 0.6 is 0 Å². The Balaban J connectivity index is 2.41. The van der Waals surface area contributed by atoms with Crippen molar-refractivity contribution in [1.82, 2.24) is 25.3 Å². The number of aliphatic imine (C=N–C) groups is 1. The largest absolute Gasteiger partial charge is 0.356 e. The quantitative estimate of drug-likeness (QED) is 0.360. The van der Waals surface area contributed by atoms with Crippen molar-refractivity contribution >= 4 is 5.96 Å². The Hall–Kier alpha value is -1.56. The molecule has 0 aliphatic rings. The van der Waals surface area contributed by atoms with E-state index >= 15 is 0 Å². The van der Waals surface area contributed by atoms with Gasteiger partial charge in [-0.3, -0.25) is 14.6 Å². The van der Waals surface area contributed by atoms with Crippen LogP contribution in [0.3, 0.4) is 0 Å². The van der Waals surface area contributed by atoms with E-state index in [1.165, 1.54) is 12.1 Å². The van der Waals surface area contributed by atoms with Crippen LogP contribution in [0.25, 0.3) is 0 Å². The zero-order valence-electron chi connectivity index (χ0n) is 18.0. The minimum atomic E-state index is 0.540. The molecule has 1 heterocycles. The predicted octanol–water partition coefficient (Wildman–Crippen LogP) is 2.81. The van der Waals surface area contributed by atoms with E-state index in [4.69, 9.17) is 0 Å². The SMILES string of the molecule is CCN(CC)C(CNC(=NC)NCCCn1nc(C)cc1C)CC(C)C. The summed E-state index contributed by atoms with van der Waals surface area (Å²) in [4.78, 5) is 6.90. The molecule has 2 N–H and O–H groups in total. The van der Waals surface area contributed by atoms with Crippen molar-refractivity contribution in [3.05, 3.63) is 17.5 Å². The van der Waals surface area contributed by atoms with Gasteiger partial charge in [0.15, 0.2) is 5.96 Å². The van der Waals surface area contributed by atoms with E-state index in [-0.39, 0.29) is 0 Å². The van der Waals surface area contributed by atoms with Gasteiger partial charge in [-0.25, -0.2) is 0 Å². The first-order chi connectivity index (χ1) is 12.4. The lowest BCUT2D eigenvalue weighted by Crippen LogP contribution is -2.47. The van der Waals surface area contributed by atoms with Crippen molar-refractivity contribution < 1.29 is 0 Å². The number of aryl methyl sites for hydroxylation is 3. The summed E-state index contributed by atoms with van der Waals surface area (Å²) >= 11 is 0. The van der Waals surface area contributed by atoms with Crippen molar-refractivity contribution in [2.24, 2.45) is 10.9 Å². The van der Waals surface area contributed by atoms with Crippen LogP contribution in [-0.4, -0.2) is 59.9 Å². The highest BCUT2D eigenvalue weighted by Crippen LogP contribution is 2.10. The van der Waals surface area contributed by atoms with E-state index < -0.39 is 0 Å². The van der Waals surface area contributed by atoms with Gasteiger partial charge in [0.2, 0.25) is 0 Å². The maximum atomic E-state index is 4.51. The second-order valence-electron chi connectivity index (χ2n) is 7.39. The summed E-state index contributed by atoms with van der Waals surface area (Å²) in [6, 6.07) is 2.66. The summed E-state index contributed by atoms with van der Waals surface area (Å²) in [6.07, 6.45) is 2.22. The van der Waals surface area contributed by atoms with Gasteiger partial charge in [0.25, 0.3) is 0 Å². The third kappa shape index (κ3) is 7.77. The maximum absolute atomic E-state index is 4.51. The van der Waals surface area contributed by atoms with Crippen molar-refractivity contribution in [1.29, 1.82) is 0 Å². The molecular formula is C20H40N6. The average Bonchev–Trinajstić information content (AvgIpc) is 2.91. The van der Waals surface area contributed by atoms with Gasteiger partial charge < -0.3 is 10.6 Å². The van der Waals surface area contributed by atoms with E-state index in [2.05, 4.69) is 71.0 Å². The molecule has 1 unspecified atom stereocenters. The van der Waals surface area contributed by atoms with Gasteiger partial charge in [-0.1, -0.05) is 27.7 Å². The molecule has 0 amide bonds. The number of aromatic nitrogens is 2. The van der Waals surface area contributed by atoms with Gasteiger partial charge in [0.1, 0.15) is 0 Å². The molecule has 1 aromatic rings. The Bertz CT molecular complexity index is 530. The van der Waals surface area contributed by atoms with E-state index in [1.807, 2.05) is 14.0 Å². The second-order valence-corrected chi connectivity index (χ2v) is 7.39. The molecule has 0 bridgehead atoms. The molecular weight excluding hydrogens is 324 g/mol. The molecule has 150 valence electrons. The number of nitrogens with zero attached hydrogens (tertiary/aromatic N) is 4. The van der Waals surface area contributed by atoms with Crippen LogP contribution in [0.1, 0.15) is 51.9 Å². The van der Waals surface area contributed by atoms with Gasteiger partial charge >= 0.3 is 0 Å². The molecule has 1 rings (SSSR count). The van der Waals surface area contributed by atoms with Crippen molar-refractivity contribution in [3.8, 4) is 0 Å². The van der Waals surface area contributed by atoms with Gasteiger partial charge in [0, 0.05) is 38.4 Å². The van der Waals surface area contributed by atoms with E-state index in [0.717, 1.165) is 50.8 Å². The summed E-state index contributed by atoms with van der Waals surface area (Å²) in [5.41, 5.74) is 2.31. The zero-order chi connectivity index (χ0) is 19.5. The molecule has 1 aromatic heterocycles. The Labute approximate surface area is 160 Å². The second kappa shape index (κ2) is 11.9. The molecule has 0 radical (unpaired) electrons. The molecule has 6 nitrogen and oxygen atoms in total.